The average molecular weight is 919 g/mol. The number of benzene rings is 3. The second-order valence-corrected chi connectivity index (χ2v) is 17.7. The van der Waals surface area contributed by atoms with E-state index in [0.717, 1.165) is 73.4 Å². The molecule has 3 unspecified atom stereocenters. The summed E-state index contributed by atoms with van der Waals surface area (Å²) in [7, 11) is 4.71. The van der Waals surface area contributed by atoms with E-state index in [1.807, 2.05) is 44.2 Å². The number of hydrogen-bond donors (Lipinski definition) is 4. The van der Waals surface area contributed by atoms with Gasteiger partial charge in [0.2, 0.25) is 5.91 Å². The fraction of sp³-hybridized carbons (Fsp3) is 0.385. The number of aromatic amines is 2. The van der Waals surface area contributed by atoms with Crippen LogP contribution in [0.4, 0.5) is 15.3 Å². The van der Waals surface area contributed by atoms with Gasteiger partial charge in [-0.05, 0) is 97.4 Å². The average Bonchev–Trinajstić information content (AvgIpc) is 4.22. The van der Waals surface area contributed by atoms with E-state index in [1.165, 1.54) is 19.9 Å². The minimum atomic E-state index is -0.915. The van der Waals surface area contributed by atoms with Gasteiger partial charge in [-0.3, -0.25) is 9.59 Å². The van der Waals surface area contributed by atoms with Crippen molar-refractivity contribution in [3.63, 3.8) is 0 Å². The number of hydrogen-bond acceptors (Lipinski definition) is 10. The number of imidazole rings is 2. The summed E-state index contributed by atoms with van der Waals surface area (Å²) in [5, 5.41) is 5.42. The number of ether oxygens (including phenoxy) is 2. The molecule has 0 radical (unpaired) electrons. The molecule has 0 bridgehead atoms. The van der Waals surface area contributed by atoms with Crippen molar-refractivity contribution in [2.45, 2.75) is 63.7 Å². The zero-order chi connectivity index (χ0) is 47.7. The fourth-order valence-corrected chi connectivity index (χ4v) is 9.18. The number of H-pyrrole nitrogens is 2. The summed E-state index contributed by atoms with van der Waals surface area (Å²) in [6.45, 7) is 8.82. The molecule has 68 heavy (non-hydrogen) atoms. The van der Waals surface area contributed by atoms with Crippen molar-refractivity contribution in [2.75, 3.05) is 65.4 Å². The Labute approximate surface area is 397 Å². The highest BCUT2D eigenvalue weighted by atomic mass is 16.5. The van der Waals surface area contributed by atoms with Crippen molar-refractivity contribution in [2.24, 2.45) is 5.92 Å². The Bertz CT molecular complexity index is 2720. The van der Waals surface area contributed by atoms with Crippen LogP contribution in [0.1, 0.15) is 86.1 Å². The molecule has 3 aliphatic rings. The number of carbonyl (C=O) groups excluding carboxylic acids is 4. The molecule has 3 fully saturated rings. The summed E-state index contributed by atoms with van der Waals surface area (Å²) in [5.74, 6) is 13.2. The fourth-order valence-electron chi connectivity index (χ4n) is 9.18. The predicted octanol–water partition coefficient (Wildman–Crippen LogP) is 6.43. The number of nitrogens with one attached hydrogen (secondary N) is 4. The molecule has 352 valence electrons. The van der Waals surface area contributed by atoms with E-state index < -0.39 is 24.3 Å². The predicted molar refractivity (Wildman–Crippen MR) is 258 cm³/mol. The molecule has 0 saturated carbocycles. The quantitative estimate of drug-likeness (QED) is 0.108. The Hall–Kier alpha value is -7.56. The van der Waals surface area contributed by atoms with Gasteiger partial charge in [0.1, 0.15) is 29.4 Å². The number of likely N-dealkylation sites (N-methyl/N-ethyl adjacent to an activating group) is 1. The molecule has 4 atom stereocenters. The van der Waals surface area contributed by atoms with Gasteiger partial charge in [-0.2, -0.15) is 0 Å². The van der Waals surface area contributed by atoms with Gasteiger partial charge in [-0.1, -0.05) is 68.3 Å². The minimum Gasteiger partial charge on any atom is -0.453 e. The van der Waals surface area contributed by atoms with Crippen LogP contribution in [0.15, 0.2) is 85.2 Å². The molecule has 4 amide bonds. The molecule has 4 N–H and O–H groups in total. The lowest BCUT2D eigenvalue weighted by Gasteiger charge is -2.34. The van der Waals surface area contributed by atoms with E-state index >= 15 is 0 Å². The lowest BCUT2D eigenvalue weighted by atomic mass is 9.96. The lowest BCUT2D eigenvalue weighted by Crippen LogP contribution is -2.51. The van der Waals surface area contributed by atoms with Crippen molar-refractivity contribution in [1.82, 2.24) is 45.3 Å². The van der Waals surface area contributed by atoms with E-state index in [9.17, 15) is 19.2 Å². The maximum atomic E-state index is 14.0. The van der Waals surface area contributed by atoms with Gasteiger partial charge in [0.05, 0.1) is 44.4 Å². The van der Waals surface area contributed by atoms with Crippen LogP contribution in [0.2, 0.25) is 0 Å². The maximum absolute atomic E-state index is 14.0. The number of amides is 4. The molecule has 3 saturated heterocycles. The SMILES string of the molecule is COC(=O)NC(C(=O)N1CCCC1c1ncc(C#CC#Cc2ccc(-c3cnc(C4CCCN4C(=O)[C@@H](NC(=O)OC)C(C)C)[nH]3)cc2-c2ccc(N3CCN(C)CC3)cc2)[nH]1)c1ccccc1. The Morgan fingerprint density at radius 3 is 2.00 bits per heavy atom. The van der Waals surface area contributed by atoms with E-state index in [-0.39, 0.29) is 29.8 Å². The number of carbonyl (C=O) groups is 4. The Balaban J connectivity index is 1.03. The van der Waals surface area contributed by atoms with Crippen molar-refractivity contribution in [1.29, 1.82) is 0 Å². The van der Waals surface area contributed by atoms with Crippen LogP contribution in [0, 0.1) is 29.6 Å². The standard InChI is InChI=1S/C52H58N10O6/c1-34(2)45(57-51(65)67-4)49(63)61-25-12-18-44(61)48-54-33-42(56-48)38-20-19-35(41(31-38)36-21-23-40(24-22-36)60-29-27-59(3)28-30-60)13-9-10-16-39-32-53-47(55-39)43-17-11-26-62(43)50(64)46(58-52(66)68-5)37-14-7-6-8-15-37/h6-8,14-15,19-24,31-34,43-46H,11-12,17-18,25-30H2,1-5H3,(H,53,55)(H,54,56)(H,57,65)(H,58,66)/t43?,44?,45-,46?/m0/s1. The van der Waals surface area contributed by atoms with Gasteiger partial charge >= 0.3 is 12.2 Å². The Morgan fingerprint density at radius 1 is 0.706 bits per heavy atom. The molecule has 3 aliphatic heterocycles. The van der Waals surface area contributed by atoms with Crippen LogP contribution in [0.25, 0.3) is 22.4 Å². The third-order valence-electron chi connectivity index (χ3n) is 12.9. The Kier molecular flexibility index (Phi) is 14.8. The topological polar surface area (TPSA) is 181 Å². The zero-order valence-electron chi connectivity index (χ0n) is 39.2. The molecule has 5 aromatic rings. The summed E-state index contributed by atoms with van der Waals surface area (Å²) in [4.78, 5) is 76.7. The van der Waals surface area contributed by atoms with Gasteiger partial charge in [-0.25, -0.2) is 19.6 Å². The van der Waals surface area contributed by atoms with E-state index in [2.05, 4.69) is 96.4 Å². The van der Waals surface area contributed by atoms with E-state index in [1.54, 1.807) is 34.3 Å². The first-order chi connectivity index (χ1) is 33.0. The summed E-state index contributed by atoms with van der Waals surface area (Å²) in [6.07, 6.45) is 5.16. The van der Waals surface area contributed by atoms with Crippen LogP contribution in [0.3, 0.4) is 0 Å². The number of likely N-dealkylation sites (tertiary alicyclic amines) is 2. The smallest absolute Gasteiger partial charge is 0.407 e. The number of methoxy groups -OCH3 is 2. The molecule has 5 heterocycles. The van der Waals surface area contributed by atoms with Crippen LogP contribution in [0.5, 0.6) is 0 Å². The molecule has 8 rings (SSSR count). The zero-order valence-corrected chi connectivity index (χ0v) is 39.2. The highest BCUT2D eigenvalue weighted by Crippen LogP contribution is 2.36. The van der Waals surface area contributed by atoms with Crippen LogP contribution in [-0.2, 0) is 19.1 Å². The first-order valence-electron chi connectivity index (χ1n) is 23.2. The number of nitrogens with zero attached hydrogens (tertiary/aromatic N) is 6. The van der Waals surface area contributed by atoms with Gasteiger partial charge < -0.3 is 49.7 Å². The van der Waals surface area contributed by atoms with Crippen LogP contribution in [-0.4, -0.2) is 125 Å². The monoisotopic (exact) mass is 918 g/mol. The minimum absolute atomic E-state index is 0.138. The van der Waals surface area contributed by atoms with Crippen LogP contribution < -0.4 is 15.5 Å². The van der Waals surface area contributed by atoms with Gasteiger partial charge in [-0.15, -0.1) is 0 Å². The van der Waals surface area contributed by atoms with E-state index in [4.69, 9.17) is 14.5 Å². The highest BCUT2D eigenvalue weighted by Gasteiger charge is 2.39. The third kappa shape index (κ3) is 10.7. The Morgan fingerprint density at radius 2 is 1.32 bits per heavy atom. The van der Waals surface area contributed by atoms with Gasteiger partial charge in [0.25, 0.3) is 5.91 Å². The lowest BCUT2D eigenvalue weighted by molar-refractivity contribution is -0.135. The highest BCUT2D eigenvalue weighted by molar-refractivity contribution is 5.88. The van der Waals surface area contributed by atoms with Gasteiger partial charge in [0, 0.05) is 56.1 Å². The summed E-state index contributed by atoms with van der Waals surface area (Å²) in [5.41, 5.74) is 6.81. The van der Waals surface area contributed by atoms with Gasteiger partial charge in [0.15, 0.2) is 0 Å². The van der Waals surface area contributed by atoms with Crippen LogP contribution >= 0.6 is 0 Å². The molecule has 16 heteroatoms. The number of piperazine rings is 1. The van der Waals surface area contributed by atoms with E-state index in [0.29, 0.717) is 42.4 Å². The maximum Gasteiger partial charge on any atom is 0.407 e. The normalized spacial score (nSPS) is 17.9. The molecule has 0 spiro atoms. The number of anilines is 1. The first-order valence-corrected chi connectivity index (χ1v) is 23.2. The summed E-state index contributed by atoms with van der Waals surface area (Å²) in [6, 6.07) is 21.6. The summed E-state index contributed by atoms with van der Waals surface area (Å²) < 4.78 is 9.65. The van der Waals surface area contributed by atoms with Crippen molar-refractivity contribution in [3.8, 4) is 46.1 Å². The van der Waals surface area contributed by atoms with Crippen molar-refractivity contribution in [3.05, 3.63) is 114 Å². The summed E-state index contributed by atoms with van der Waals surface area (Å²) >= 11 is 0. The molecular weight excluding hydrogens is 861 g/mol. The largest absolute Gasteiger partial charge is 0.453 e. The first kappa shape index (κ1) is 47.0. The second-order valence-electron chi connectivity index (χ2n) is 17.7. The van der Waals surface area contributed by atoms with Crippen molar-refractivity contribution >= 4 is 29.7 Å². The number of aromatic nitrogens is 4. The third-order valence-corrected chi connectivity index (χ3v) is 12.9. The molecule has 0 aliphatic carbocycles. The number of rotatable bonds is 11. The van der Waals surface area contributed by atoms with Crippen molar-refractivity contribution < 1.29 is 28.7 Å². The molecule has 3 aromatic carbocycles. The molecule has 16 nitrogen and oxygen atoms in total. The molecule has 2 aromatic heterocycles. The molecular formula is C52H58N10O6. The second kappa shape index (κ2) is 21.4. The number of alkyl carbamates (subject to hydrolysis) is 2.